The number of methoxy groups -OCH3 is 1. The summed E-state index contributed by atoms with van der Waals surface area (Å²) in [5, 5.41) is 16.9. The van der Waals surface area contributed by atoms with Gasteiger partial charge in [-0.3, -0.25) is 4.79 Å². The van der Waals surface area contributed by atoms with E-state index in [0.29, 0.717) is 50.5 Å². The molecule has 2 N–H and O–H groups in total. The Morgan fingerprint density at radius 3 is 2.59 bits per heavy atom. The summed E-state index contributed by atoms with van der Waals surface area (Å²) in [6.45, 7) is 4.02. The number of allylic oxidation sites excluding steroid dienone is 2. The Labute approximate surface area is 207 Å². The van der Waals surface area contributed by atoms with E-state index in [2.05, 4.69) is 16.7 Å². The number of nitrogens with one attached hydrogen (secondary N) is 2. The zero-order valence-electron chi connectivity index (χ0n) is 19.0. The number of anilines is 1. The molecule has 0 spiro atoms. The number of benzene rings is 2. The Morgan fingerprint density at radius 1 is 1.21 bits per heavy atom. The van der Waals surface area contributed by atoms with Crippen molar-refractivity contribution < 1.29 is 19.1 Å². The normalized spacial score (nSPS) is 15.3. The number of nitriles is 1. The van der Waals surface area contributed by atoms with Crippen LogP contribution in [0.15, 0.2) is 70.4 Å². The first-order valence-corrected chi connectivity index (χ1v) is 11.9. The summed E-state index contributed by atoms with van der Waals surface area (Å²) < 4.78 is 10.8. The van der Waals surface area contributed by atoms with Crippen molar-refractivity contribution in [2.45, 2.75) is 19.8 Å². The topological polar surface area (TPSA) is 100 Å². The third kappa shape index (κ3) is 5.56. The first-order chi connectivity index (χ1) is 16.4. The largest absolute Gasteiger partial charge is 0.494 e. The highest BCUT2D eigenvalue weighted by Crippen LogP contribution is 2.44. The molecule has 0 aromatic heterocycles. The average Bonchev–Trinajstić information content (AvgIpc) is 2.84. The van der Waals surface area contributed by atoms with Crippen molar-refractivity contribution in [2.24, 2.45) is 0 Å². The van der Waals surface area contributed by atoms with Gasteiger partial charge in [-0.15, -0.1) is 0 Å². The Morgan fingerprint density at radius 2 is 1.91 bits per heavy atom. The smallest absolute Gasteiger partial charge is 0.336 e. The van der Waals surface area contributed by atoms with E-state index in [9.17, 15) is 14.9 Å². The summed E-state index contributed by atoms with van der Waals surface area (Å²) in [6, 6.07) is 16.4. The predicted molar refractivity (Wildman–Crippen MR) is 133 cm³/mol. The van der Waals surface area contributed by atoms with E-state index in [0.717, 1.165) is 0 Å². The van der Waals surface area contributed by atoms with E-state index in [1.54, 1.807) is 37.3 Å². The second-order valence-corrected chi connectivity index (χ2v) is 8.62. The van der Waals surface area contributed by atoms with Crippen LogP contribution in [0.1, 0.15) is 25.3 Å². The van der Waals surface area contributed by atoms with Gasteiger partial charge in [0.15, 0.2) is 0 Å². The van der Waals surface area contributed by atoms with Crippen molar-refractivity contribution >= 4 is 40.9 Å². The van der Waals surface area contributed by atoms with Crippen molar-refractivity contribution in [3.05, 3.63) is 81.0 Å². The van der Waals surface area contributed by atoms with Crippen LogP contribution in [-0.4, -0.2) is 31.3 Å². The van der Waals surface area contributed by atoms with Crippen molar-refractivity contribution in [1.82, 2.24) is 5.32 Å². The fourth-order valence-electron chi connectivity index (χ4n) is 3.61. The number of esters is 1. The van der Waals surface area contributed by atoms with Gasteiger partial charge in [0.2, 0.25) is 5.91 Å². The molecule has 0 unspecified atom stereocenters. The number of halogens is 1. The third-order valence-electron chi connectivity index (χ3n) is 5.08. The van der Waals surface area contributed by atoms with Gasteiger partial charge < -0.3 is 20.1 Å². The van der Waals surface area contributed by atoms with Crippen LogP contribution in [0.5, 0.6) is 5.75 Å². The number of thioether (sulfide) groups is 1. The molecule has 1 heterocycles. The number of nitrogens with zero attached hydrogens (tertiary/aromatic N) is 1. The number of para-hydroxylation sites is 2. The number of carbonyl (C=O) groups excluding carboxylic acids is 2. The van der Waals surface area contributed by atoms with Gasteiger partial charge in [-0.05, 0) is 32.0 Å². The van der Waals surface area contributed by atoms with Crippen LogP contribution < -0.4 is 15.4 Å². The summed E-state index contributed by atoms with van der Waals surface area (Å²) in [6.07, 6.45) is 0. The Bertz CT molecular complexity index is 1200. The zero-order valence-corrected chi connectivity index (χ0v) is 20.5. The van der Waals surface area contributed by atoms with E-state index >= 15 is 0 Å². The molecule has 3 rings (SSSR count). The first-order valence-electron chi connectivity index (χ1n) is 10.5. The molecule has 1 atom stereocenters. The molecule has 0 radical (unpaired) electrons. The Balaban J connectivity index is 1.96. The highest BCUT2D eigenvalue weighted by molar-refractivity contribution is 8.03. The lowest BCUT2D eigenvalue weighted by Crippen LogP contribution is -2.29. The number of dihydropyridines is 1. The molecule has 1 aliphatic heterocycles. The predicted octanol–water partition coefficient (Wildman–Crippen LogP) is 4.98. The molecule has 7 nitrogen and oxygen atoms in total. The van der Waals surface area contributed by atoms with E-state index in [1.807, 2.05) is 25.1 Å². The summed E-state index contributed by atoms with van der Waals surface area (Å²) >= 11 is 7.29. The SMILES string of the molecule is CCOc1ccccc1[C@H]1C(C#N)=C(SCC(=O)Nc2ccccc2Cl)NC(C)=C1C(=O)OC. The van der Waals surface area contributed by atoms with Gasteiger partial charge in [0.05, 0.1) is 58.3 Å². The average molecular weight is 498 g/mol. The van der Waals surface area contributed by atoms with E-state index in [1.165, 1.54) is 18.9 Å². The van der Waals surface area contributed by atoms with Gasteiger partial charge in [-0.2, -0.15) is 5.26 Å². The lowest BCUT2D eigenvalue weighted by Gasteiger charge is -2.30. The van der Waals surface area contributed by atoms with Crippen LogP contribution in [0.2, 0.25) is 5.02 Å². The van der Waals surface area contributed by atoms with E-state index < -0.39 is 11.9 Å². The van der Waals surface area contributed by atoms with E-state index in [4.69, 9.17) is 21.1 Å². The molecule has 0 bridgehead atoms. The summed E-state index contributed by atoms with van der Waals surface area (Å²) in [5.74, 6) is -0.944. The number of rotatable bonds is 8. The minimum Gasteiger partial charge on any atom is -0.494 e. The van der Waals surface area contributed by atoms with Gasteiger partial charge in [-0.25, -0.2) is 4.79 Å². The minimum absolute atomic E-state index is 0.0272. The molecular formula is C25H24ClN3O4S. The Hall–Kier alpha value is -3.41. The third-order valence-corrected chi connectivity index (χ3v) is 6.42. The number of hydrogen-bond donors (Lipinski definition) is 2. The molecular weight excluding hydrogens is 474 g/mol. The maximum absolute atomic E-state index is 12.7. The van der Waals surface area contributed by atoms with Crippen molar-refractivity contribution in [1.29, 1.82) is 5.26 Å². The number of ether oxygens (including phenoxy) is 2. The maximum atomic E-state index is 12.7. The quantitative estimate of drug-likeness (QED) is 0.496. The van der Waals surface area contributed by atoms with Crippen LogP contribution in [0.3, 0.4) is 0 Å². The standard InChI is InChI=1S/C25H24ClN3O4S/c1-4-33-20-12-8-5-9-16(20)23-17(13-27)24(28-15(2)22(23)25(31)32-3)34-14-21(30)29-19-11-7-6-10-18(19)26/h5-12,23,28H,4,14H2,1-3H3,(H,29,30)/t23-/m0/s1. The molecule has 9 heteroatoms. The van der Waals surface area contributed by atoms with E-state index in [-0.39, 0.29) is 11.7 Å². The molecule has 1 amide bonds. The van der Waals surface area contributed by atoms with Gasteiger partial charge in [-0.1, -0.05) is 53.7 Å². The molecule has 2 aromatic rings. The maximum Gasteiger partial charge on any atom is 0.336 e. The Kier molecular flexibility index (Phi) is 8.63. The fraction of sp³-hybridized carbons (Fsp3) is 0.240. The second kappa shape index (κ2) is 11.6. The monoisotopic (exact) mass is 497 g/mol. The van der Waals surface area contributed by atoms with Crippen molar-refractivity contribution in [2.75, 3.05) is 24.8 Å². The molecule has 0 saturated heterocycles. The molecule has 0 aliphatic carbocycles. The molecule has 1 aliphatic rings. The van der Waals surface area contributed by atoms with Crippen molar-refractivity contribution in [3.63, 3.8) is 0 Å². The summed E-state index contributed by atoms with van der Waals surface area (Å²) in [7, 11) is 1.30. The highest BCUT2D eigenvalue weighted by Gasteiger charge is 2.37. The number of amides is 1. The molecule has 2 aromatic carbocycles. The molecule has 34 heavy (non-hydrogen) atoms. The van der Waals surface area contributed by atoms with Crippen LogP contribution in [0.4, 0.5) is 5.69 Å². The zero-order chi connectivity index (χ0) is 24.7. The van der Waals surface area contributed by atoms with Crippen LogP contribution in [0.25, 0.3) is 0 Å². The number of hydrogen-bond acceptors (Lipinski definition) is 7. The van der Waals surface area contributed by atoms with Gasteiger partial charge in [0.1, 0.15) is 5.75 Å². The van der Waals surface area contributed by atoms with Gasteiger partial charge in [0.25, 0.3) is 0 Å². The van der Waals surface area contributed by atoms with Crippen LogP contribution >= 0.6 is 23.4 Å². The fourth-order valence-corrected chi connectivity index (χ4v) is 4.69. The summed E-state index contributed by atoms with van der Waals surface area (Å²) in [4.78, 5) is 25.3. The van der Waals surface area contributed by atoms with Crippen LogP contribution in [-0.2, 0) is 14.3 Å². The molecule has 0 saturated carbocycles. The van der Waals surface area contributed by atoms with Crippen molar-refractivity contribution in [3.8, 4) is 11.8 Å². The number of carbonyl (C=O) groups is 2. The lowest BCUT2D eigenvalue weighted by atomic mass is 9.82. The summed E-state index contributed by atoms with van der Waals surface area (Å²) in [5.41, 5.74) is 2.33. The lowest BCUT2D eigenvalue weighted by molar-refractivity contribution is -0.136. The van der Waals surface area contributed by atoms with Crippen LogP contribution in [0, 0.1) is 11.3 Å². The molecule has 176 valence electrons. The first kappa shape index (κ1) is 25.2. The second-order valence-electron chi connectivity index (χ2n) is 7.23. The highest BCUT2D eigenvalue weighted by atomic mass is 35.5. The van der Waals surface area contributed by atoms with Gasteiger partial charge >= 0.3 is 5.97 Å². The molecule has 0 fully saturated rings. The van der Waals surface area contributed by atoms with Gasteiger partial charge in [0, 0.05) is 11.3 Å². The minimum atomic E-state index is -0.712.